The third kappa shape index (κ3) is 3.08. The van der Waals surface area contributed by atoms with E-state index >= 15 is 0 Å². The molecule has 0 saturated carbocycles. The Balaban J connectivity index is 1.99. The van der Waals surface area contributed by atoms with Crippen LogP contribution in [0.15, 0.2) is 24.3 Å². The molecule has 0 fully saturated rings. The molecule has 0 aromatic heterocycles. The molecule has 2 atom stereocenters. The minimum atomic E-state index is 0.550. The van der Waals surface area contributed by atoms with E-state index in [0.29, 0.717) is 12.1 Å². The van der Waals surface area contributed by atoms with Crippen LogP contribution in [0.2, 0.25) is 0 Å². The van der Waals surface area contributed by atoms with Crippen molar-refractivity contribution in [2.45, 2.75) is 51.1 Å². The fraction of sp³-hybridized carbons (Fsp3) is 0.600. The molecule has 0 amide bonds. The fourth-order valence-corrected chi connectivity index (χ4v) is 2.88. The van der Waals surface area contributed by atoms with Crippen molar-refractivity contribution < 1.29 is 0 Å². The topological polar surface area (TPSA) is 38.0 Å². The van der Waals surface area contributed by atoms with Crippen molar-refractivity contribution in [2.75, 3.05) is 6.54 Å². The molecule has 0 spiro atoms. The van der Waals surface area contributed by atoms with E-state index in [1.54, 1.807) is 0 Å². The van der Waals surface area contributed by atoms with E-state index in [-0.39, 0.29) is 0 Å². The van der Waals surface area contributed by atoms with Crippen LogP contribution in [0, 0.1) is 0 Å². The van der Waals surface area contributed by atoms with Gasteiger partial charge in [0.2, 0.25) is 0 Å². The minimum Gasteiger partial charge on any atom is -0.330 e. The molecule has 94 valence electrons. The average molecular weight is 232 g/mol. The molecule has 1 aliphatic carbocycles. The number of nitrogens with one attached hydrogen (secondary N) is 1. The smallest absolute Gasteiger partial charge is 0.0328 e. The highest BCUT2D eigenvalue weighted by molar-refractivity contribution is 5.34. The molecule has 0 saturated heterocycles. The number of rotatable bonds is 6. The summed E-state index contributed by atoms with van der Waals surface area (Å²) in [6.07, 6.45) is 6.01. The van der Waals surface area contributed by atoms with E-state index in [1.807, 2.05) is 0 Å². The van der Waals surface area contributed by atoms with Crippen molar-refractivity contribution in [2.24, 2.45) is 5.73 Å². The summed E-state index contributed by atoms with van der Waals surface area (Å²) in [5.74, 6) is 0. The lowest BCUT2D eigenvalue weighted by Gasteiger charge is -2.23. The first-order valence-electron chi connectivity index (χ1n) is 6.89. The summed E-state index contributed by atoms with van der Waals surface area (Å²) in [5.41, 5.74) is 8.72. The Morgan fingerprint density at radius 1 is 1.35 bits per heavy atom. The minimum absolute atomic E-state index is 0.550. The summed E-state index contributed by atoms with van der Waals surface area (Å²) in [6.45, 7) is 3.03. The summed E-state index contributed by atoms with van der Waals surface area (Å²) in [6, 6.07) is 9.96. The fourth-order valence-electron chi connectivity index (χ4n) is 2.88. The highest BCUT2D eigenvalue weighted by atomic mass is 15.0. The monoisotopic (exact) mass is 232 g/mol. The Morgan fingerprint density at radius 3 is 2.94 bits per heavy atom. The molecule has 2 heteroatoms. The largest absolute Gasteiger partial charge is 0.330 e. The summed E-state index contributed by atoms with van der Waals surface area (Å²) in [4.78, 5) is 0. The van der Waals surface area contributed by atoms with Crippen LogP contribution in [0.4, 0.5) is 0 Å². The van der Waals surface area contributed by atoms with Gasteiger partial charge in [-0.25, -0.2) is 0 Å². The van der Waals surface area contributed by atoms with Gasteiger partial charge in [0.05, 0.1) is 0 Å². The van der Waals surface area contributed by atoms with E-state index in [2.05, 4.69) is 36.5 Å². The van der Waals surface area contributed by atoms with Crippen LogP contribution in [-0.4, -0.2) is 12.6 Å². The van der Waals surface area contributed by atoms with Crippen molar-refractivity contribution in [3.05, 3.63) is 35.4 Å². The summed E-state index contributed by atoms with van der Waals surface area (Å²) < 4.78 is 0. The lowest BCUT2D eigenvalue weighted by molar-refractivity contribution is 0.393. The molecule has 3 N–H and O–H groups in total. The zero-order valence-corrected chi connectivity index (χ0v) is 10.8. The van der Waals surface area contributed by atoms with Gasteiger partial charge in [0.1, 0.15) is 0 Å². The van der Waals surface area contributed by atoms with E-state index < -0.39 is 0 Å². The number of fused-ring (bicyclic) bond motifs is 1. The number of hydrogen-bond acceptors (Lipinski definition) is 2. The number of aryl methyl sites for hydroxylation is 1. The van der Waals surface area contributed by atoms with Crippen molar-refractivity contribution in [1.82, 2.24) is 5.32 Å². The standard InChI is InChI=1S/C15H24N2/c1-2-5-13(10-11-16)17-15-9-8-12-6-3-4-7-14(12)15/h3-4,6-7,13,15,17H,2,5,8-11,16H2,1H3. The quantitative estimate of drug-likeness (QED) is 0.791. The van der Waals surface area contributed by atoms with E-state index in [1.165, 1.54) is 36.8 Å². The Morgan fingerprint density at radius 2 is 2.18 bits per heavy atom. The van der Waals surface area contributed by atoms with Crippen LogP contribution in [0.5, 0.6) is 0 Å². The SMILES string of the molecule is CCCC(CCN)NC1CCc2ccccc21. The second kappa shape index (κ2) is 6.18. The highest BCUT2D eigenvalue weighted by Gasteiger charge is 2.23. The zero-order valence-electron chi connectivity index (χ0n) is 10.8. The summed E-state index contributed by atoms with van der Waals surface area (Å²) in [5, 5.41) is 3.79. The third-order valence-electron chi connectivity index (χ3n) is 3.72. The van der Waals surface area contributed by atoms with Crippen LogP contribution in [0.25, 0.3) is 0 Å². The van der Waals surface area contributed by atoms with Crippen LogP contribution < -0.4 is 11.1 Å². The highest BCUT2D eigenvalue weighted by Crippen LogP contribution is 2.31. The van der Waals surface area contributed by atoms with Gasteiger partial charge in [-0.15, -0.1) is 0 Å². The maximum Gasteiger partial charge on any atom is 0.0328 e. The molecule has 0 bridgehead atoms. The zero-order chi connectivity index (χ0) is 12.1. The van der Waals surface area contributed by atoms with Crippen LogP contribution >= 0.6 is 0 Å². The predicted octanol–water partition coefficient (Wildman–Crippen LogP) is 2.78. The first-order chi connectivity index (χ1) is 8.35. The molecule has 1 aromatic rings. The van der Waals surface area contributed by atoms with E-state index in [4.69, 9.17) is 5.73 Å². The van der Waals surface area contributed by atoms with Crippen molar-refractivity contribution in [1.29, 1.82) is 0 Å². The van der Waals surface area contributed by atoms with Gasteiger partial charge in [-0.05, 0) is 43.4 Å². The van der Waals surface area contributed by atoms with Gasteiger partial charge in [0.25, 0.3) is 0 Å². The molecule has 1 aromatic carbocycles. The van der Waals surface area contributed by atoms with Gasteiger partial charge in [0.15, 0.2) is 0 Å². The predicted molar refractivity (Wildman–Crippen MR) is 73.0 cm³/mol. The van der Waals surface area contributed by atoms with Crippen LogP contribution in [0.3, 0.4) is 0 Å². The molecular weight excluding hydrogens is 208 g/mol. The lowest BCUT2D eigenvalue weighted by Crippen LogP contribution is -2.33. The summed E-state index contributed by atoms with van der Waals surface area (Å²) >= 11 is 0. The Hall–Kier alpha value is -0.860. The first-order valence-corrected chi connectivity index (χ1v) is 6.89. The Kier molecular flexibility index (Phi) is 4.57. The normalized spacial score (nSPS) is 20.2. The molecule has 0 radical (unpaired) electrons. The number of hydrogen-bond donors (Lipinski definition) is 2. The second-order valence-corrected chi connectivity index (χ2v) is 5.02. The molecule has 1 aliphatic rings. The van der Waals surface area contributed by atoms with E-state index in [9.17, 15) is 0 Å². The molecule has 0 aliphatic heterocycles. The van der Waals surface area contributed by atoms with Gasteiger partial charge in [0, 0.05) is 12.1 Å². The van der Waals surface area contributed by atoms with E-state index in [0.717, 1.165) is 13.0 Å². The summed E-state index contributed by atoms with van der Waals surface area (Å²) in [7, 11) is 0. The maximum atomic E-state index is 5.69. The van der Waals surface area contributed by atoms with Gasteiger partial charge in [-0.2, -0.15) is 0 Å². The Bertz CT molecular complexity index is 343. The average Bonchev–Trinajstić information content (AvgIpc) is 2.74. The number of benzene rings is 1. The Labute approximate surface area is 105 Å². The molecule has 17 heavy (non-hydrogen) atoms. The third-order valence-corrected chi connectivity index (χ3v) is 3.72. The van der Waals surface area contributed by atoms with Crippen LogP contribution in [-0.2, 0) is 6.42 Å². The first kappa shape index (κ1) is 12.6. The van der Waals surface area contributed by atoms with Gasteiger partial charge in [-0.3, -0.25) is 0 Å². The van der Waals surface area contributed by atoms with Gasteiger partial charge < -0.3 is 11.1 Å². The molecule has 2 rings (SSSR count). The van der Waals surface area contributed by atoms with Crippen molar-refractivity contribution in [3.63, 3.8) is 0 Å². The molecule has 2 unspecified atom stereocenters. The molecular formula is C15H24N2. The molecule has 2 nitrogen and oxygen atoms in total. The van der Waals surface area contributed by atoms with Gasteiger partial charge in [-0.1, -0.05) is 37.6 Å². The van der Waals surface area contributed by atoms with Crippen LogP contribution in [0.1, 0.15) is 49.8 Å². The number of nitrogens with two attached hydrogens (primary N) is 1. The lowest BCUT2D eigenvalue weighted by atomic mass is 10.0. The van der Waals surface area contributed by atoms with Crippen molar-refractivity contribution >= 4 is 0 Å². The molecule has 0 heterocycles. The second-order valence-electron chi connectivity index (χ2n) is 5.02. The van der Waals surface area contributed by atoms with Crippen molar-refractivity contribution in [3.8, 4) is 0 Å². The maximum absolute atomic E-state index is 5.69. The van der Waals surface area contributed by atoms with Gasteiger partial charge >= 0.3 is 0 Å².